The van der Waals surface area contributed by atoms with Crippen molar-refractivity contribution < 1.29 is 17.9 Å². The molecule has 0 amide bonds. The first-order chi connectivity index (χ1) is 4.11. The SMILES string of the molecule is [CH3][Zr]([Cl])([Cl])[c]1ncc[nH]1. The van der Waals surface area contributed by atoms with E-state index in [0.29, 0.717) is 0 Å². The number of H-pyrrole nitrogens is 1. The van der Waals surface area contributed by atoms with Crippen LogP contribution in [-0.2, 0) is 17.9 Å². The van der Waals surface area contributed by atoms with Crippen LogP contribution in [0, 0.1) is 0 Å². The van der Waals surface area contributed by atoms with Crippen LogP contribution < -0.4 is 3.53 Å². The monoisotopic (exact) mass is 242 g/mol. The second-order valence-electron chi connectivity index (χ2n) is 1.83. The first kappa shape index (κ1) is 7.78. The van der Waals surface area contributed by atoms with Crippen molar-refractivity contribution in [1.29, 1.82) is 0 Å². The second-order valence-corrected chi connectivity index (χ2v) is 17.4. The van der Waals surface area contributed by atoms with Crippen LogP contribution >= 0.6 is 17.0 Å². The average Bonchev–Trinajstić information content (AvgIpc) is 2.08. The summed E-state index contributed by atoms with van der Waals surface area (Å²) >= 11 is -2.87. The predicted molar refractivity (Wildman–Crippen MR) is 35.8 cm³/mol. The van der Waals surface area contributed by atoms with Gasteiger partial charge in [-0.2, -0.15) is 0 Å². The van der Waals surface area contributed by atoms with Crippen molar-refractivity contribution in [2.75, 3.05) is 0 Å². The van der Waals surface area contributed by atoms with Crippen LogP contribution in [0.3, 0.4) is 0 Å². The van der Waals surface area contributed by atoms with Crippen molar-refractivity contribution in [2.24, 2.45) is 0 Å². The molecule has 0 aliphatic carbocycles. The fraction of sp³-hybridized carbons (Fsp3) is 0.250. The summed E-state index contributed by atoms with van der Waals surface area (Å²) in [5, 5.41) is 0. The van der Waals surface area contributed by atoms with Crippen LogP contribution in [0.15, 0.2) is 12.4 Å². The molecule has 0 bridgehead atoms. The Morgan fingerprint density at radius 3 is 2.56 bits per heavy atom. The maximum atomic E-state index is 5.88. The summed E-state index contributed by atoms with van der Waals surface area (Å²) in [6, 6.07) is 0. The fourth-order valence-corrected chi connectivity index (χ4v) is 3.30. The van der Waals surface area contributed by atoms with E-state index < -0.39 is 17.9 Å². The van der Waals surface area contributed by atoms with Crippen molar-refractivity contribution in [3.8, 4) is 0 Å². The van der Waals surface area contributed by atoms with Gasteiger partial charge in [0.1, 0.15) is 0 Å². The van der Waals surface area contributed by atoms with Gasteiger partial charge in [-0.15, -0.1) is 0 Å². The van der Waals surface area contributed by atoms with Crippen LogP contribution in [0.1, 0.15) is 0 Å². The van der Waals surface area contributed by atoms with E-state index >= 15 is 0 Å². The molecule has 0 aromatic carbocycles. The average molecular weight is 244 g/mol. The van der Waals surface area contributed by atoms with E-state index in [9.17, 15) is 0 Å². The molecule has 1 N–H and O–H groups in total. The molecule has 0 aliphatic rings. The number of aromatic amines is 1. The Kier molecular flexibility index (Phi) is 2.36. The van der Waals surface area contributed by atoms with Crippen molar-refractivity contribution in [3.63, 3.8) is 0 Å². The third-order valence-corrected chi connectivity index (χ3v) is 5.75. The van der Waals surface area contributed by atoms with Gasteiger partial charge in [0, 0.05) is 0 Å². The molecule has 0 atom stereocenters. The molecule has 1 heterocycles. The van der Waals surface area contributed by atoms with Crippen LogP contribution in [0.4, 0.5) is 0 Å². The van der Waals surface area contributed by atoms with E-state index in [1.54, 1.807) is 12.4 Å². The van der Waals surface area contributed by atoms with E-state index in [1.807, 2.05) is 4.63 Å². The molecule has 0 radical (unpaired) electrons. The number of nitrogens with one attached hydrogen (secondary N) is 1. The molecule has 5 heteroatoms. The van der Waals surface area contributed by atoms with E-state index in [0.717, 1.165) is 3.53 Å². The molecule has 0 unspecified atom stereocenters. The van der Waals surface area contributed by atoms with Gasteiger partial charge >= 0.3 is 65.4 Å². The summed E-state index contributed by atoms with van der Waals surface area (Å²) in [4.78, 5) is 6.86. The number of rotatable bonds is 1. The van der Waals surface area contributed by atoms with E-state index in [2.05, 4.69) is 9.97 Å². The van der Waals surface area contributed by atoms with Gasteiger partial charge in [0.25, 0.3) is 0 Å². The standard InChI is InChI=1S/C3H3N2.CH3.2ClH.Zr/c1-2-5-3-4-1;;;;/h1-2H,(H,4,5);1H3;2*1H;/q;;;;+2/p-2. The third-order valence-electron chi connectivity index (χ3n) is 0.914. The maximum absolute atomic E-state index is 5.88. The van der Waals surface area contributed by atoms with Crippen molar-refractivity contribution in [3.05, 3.63) is 12.4 Å². The van der Waals surface area contributed by atoms with Crippen molar-refractivity contribution >= 4 is 20.6 Å². The molecule has 1 aromatic rings. The minimum absolute atomic E-state index is 0.785. The Labute approximate surface area is 65.1 Å². The Hall–Kier alpha value is 0.673. The van der Waals surface area contributed by atoms with Crippen LogP contribution in [0.5, 0.6) is 0 Å². The molecule has 2 nitrogen and oxygen atoms in total. The summed E-state index contributed by atoms with van der Waals surface area (Å²) in [6.45, 7) is 0. The molecule has 0 fully saturated rings. The molecule has 0 spiro atoms. The molecule has 0 aliphatic heterocycles. The van der Waals surface area contributed by atoms with Gasteiger partial charge in [-0.1, -0.05) is 0 Å². The second kappa shape index (κ2) is 2.73. The van der Waals surface area contributed by atoms with Crippen molar-refractivity contribution in [1.82, 2.24) is 9.97 Å². The summed E-state index contributed by atoms with van der Waals surface area (Å²) in [5.41, 5.74) is 0. The molecular weight excluding hydrogens is 238 g/mol. The van der Waals surface area contributed by atoms with Gasteiger partial charge in [-0.05, 0) is 0 Å². The van der Waals surface area contributed by atoms with Gasteiger partial charge in [0.2, 0.25) is 0 Å². The summed E-state index contributed by atoms with van der Waals surface area (Å²) < 4.78 is 2.66. The molecule has 1 aromatic heterocycles. The number of halogens is 2. The molecule has 0 saturated heterocycles. The van der Waals surface area contributed by atoms with Gasteiger partial charge in [0.05, 0.1) is 0 Å². The first-order valence-electron chi connectivity index (χ1n) is 2.48. The zero-order valence-corrected chi connectivity index (χ0v) is 8.83. The molecule has 1 rings (SSSR count). The number of nitrogens with zero attached hydrogens (tertiary/aromatic N) is 1. The van der Waals surface area contributed by atoms with Crippen molar-refractivity contribution in [2.45, 2.75) is 4.63 Å². The van der Waals surface area contributed by atoms with Gasteiger partial charge in [-0.3, -0.25) is 0 Å². The van der Waals surface area contributed by atoms with Gasteiger partial charge in [-0.25, -0.2) is 0 Å². The van der Waals surface area contributed by atoms with Gasteiger partial charge in [0.15, 0.2) is 0 Å². The summed E-state index contributed by atoms with van der Waals surface area (Å²) in [5.74, 6) is 0. The zero-order chi connectivity index (χ0) is 6.91. The Morgan fingerprint density at radius 1 is 1.67 bits per heavy atom. The normalized spacial score (nSPS) is 11.9. The molecule has 0 saturated carbocycles. The van der Waals surface area contributed by atoms with Crippen LogP contribution in [0.2, 0.25) is 4.63 Å². The summed E-state index contributed by atoms with van der Waals surface area (Å²) in [6.07, 6.45) is 3.39. The van der Waals surface area contributed by atoms with E-state index in [4.69, 9.17) is 17.0 Å². The number of imidazole rings is 1. The summed E-state index contributed by atoms with van der Waals surface area (Å²) in [7, 11) is 11.8. The van der Waals surface area contributed by atoms with Gasteiger partial charge < -0.3 is 0 Å². The van der Waals surface area contributed by atoms with Crippen LogP contribution in [-0.4, -0.2) is 9.97 Å². The molecular formula is C4H6Cl2N2Zr. The molecule has 9 heavy (non-hydrogen) atoms. The zero-order valence-electron chi connectivity index (χ0n) is 4.86. The van der Waals surface area contributed by atoms with E-state index in [1.165, 1.54) is 0 Å². The third kappa shape index (κ3) is 2.07. The quantitative estimate of drug-likeness (QED) is 0.797. The number of aromatic nitrogens is 2. The first-order valence-corrected chi connectivity index (χ1v) is 12.5. The molecule has 50 valence electrons. The minimum atomic E-state index is -2.87. The predicted octanol–water partition coefficient (Wildman–Crippen LogP) is 1.54. The Balaban J connectivity index is 2.90. The van der Waals surface area contributed by atoms with Crippen LogP contribution in [0.25, 0.3) is 0 Å². The Bertz CT molecular complexity index is 179. The topological polar surface area (TPSA) is 28.7 Å². The number of hydrogen-bond donors (Lipinski definition) is 1. The fourth-order valence-electron chi connectivity index (χ4n) is 0.505. The van der Waals surface area contributed by atoms with E-state index in [-0.39, 0.29) is 0 Å². The number of hydrogen-bond acceptors (Lipinski definition) is 1. The Morgan fingerprint density at radius 2 is 2.33 bits per heavy atom.